The van der Waals surface area contributed by atoms with Gasteiger partial charge in [-0.2, -0.15) is 0 Å². The summed E-state index contributed by atoms with van der Waals surface area (Å²) >= 11 is 0. The quantitative estimate of drug-likeness (QED) is 0.622. The zero-order valence-electron chi connectivity index (χ0n) is 16.7. The highest BCUT2D eigenvalue weighted by atomic mass is 19.2. The number of amides is 2. The molecule has 0 saturated carbocycles. The van der Waals surface area contributed by atoms with Gasteiger partial charge in [0.1, 0.15) is 5.52 Å². The summed E-state index contributed by atoms with van der Waals surface area (Å²) in [6, 6.07) is 12.6. The molecule has 2 amide bonds. The van der Waals surface area contributed by atoms with Gasteiger partial charge in [-0.1, -0.05) is 33.1 Å². The molecule has 0 radical (unpaired) electrons. The van der Waals surface area contributed by atoms with E-state index >= 15 is 0 Å². The number of aromatic nitrogens is 2. The molecule has 8 heteroatoms. The number of fused-ring (bicyclic) bond motifs is 2. The average Bonchev–Trinajstić information content (AvgIpc) is 3.21. The number of benzene rings is 2. The van der Waals surface area contributed by atoms with Gasteiger partial charge in [-0.25, -0.2) is 0 Å². The smallest absolute Gasteiger partial charge is 0.261 e. The third-order valence-electron chi connectivity index (χ3n) is 5.96. The number of carbonyl (C=O) groups is 2. The van der Waals surface area contributed by atoms with Crippen molar-refractivity contribution in [1.29, 1.82) is 0 Å². The lowest BCUT2D eigenvalue weighted by Crippen LogP contribution is -2.49. The number of nitrogens with zero attached hydrogens (tertiary/aromatic N) is 5. The van der Waals surface area contributed by atoms with E-state index in [1.807, 2.05) is 25.1 Å². The number of carbonyl (C=O) groups excluding carboxylic acids is 2. The Balaban J connectivity index is 1.21. The zero-order valence-corrected chi connectivity index (χ0v) is 16.7. The topological polar surface area (TPSA) is 61.7 Å². The van der Waals surface area contributed by atoms with Gasteiger partial charge in [0, 0.05) is 44.7 Å². The highest BCUT2D eigenvalue weighted by Gasteiger charge is 2.35. The van der Waals surface area contributed by atoms with Gasteiger partial charge in [0.15, 0.2) is 5.82 Å². The second kappa shape index (κ2) is 7.21. The lowest BCUT2D eigenvalue weighted by Gasteiger charge is -2.35. The van der Waals surface area contributed by atoms with E-state index in [2.05, 4.69) is 14.9 Å². The first-order valence-corrected chi connectivity index (χ1v) is 10.1. The van der Waals surface area contributed by atoms with Crippen molar-refractivity contribution in [2.24, 2.45) is 0 Å². The minimum atomic E-state index is -0.214. The van der Waals surface area contributed by atoms with Gasteiger partial charge >= 0.3 is 0 Å². The first-order chi connectivity index (χ1) is 14.5. The Morgan fingerprint density at radius 3 is 2.47 bits per heavy atom. The van der Waals surface area contributed by atoms with Crippen LogP contribution >= 0.6 is 0 Å². The fraction of sp³-hybridized carbons (Fsp3) is 0.318. The molecule has 3 aromatic rings. The Morgan fingerprint density at radius 1 is 0.933 bits per heavy atom. The van der Waals surface area contributed by atoms with Crippen LogP contribution < -0.4 is 4.90 Å². The van der Waals surface area contributed by atoms with Gasteiger partial charge in [0.2, 0.25) is 0 Å². The van der Waals surface area contributed by atoms with Crippen molar-refractivity contribution in [2.45, 2.75) is 6.92 Å². The predicted octanol–water partition coefficient (Wildman–Crippen LogP) is 2.50. The molecule has 1 aromatic heterocycles. The summed E-state index contributed by atoms with van der Waals surface area (Å²) in [7, 11) is 0. The van der Waals surface area contributed by atoms with Gasteiger partial charge in [0.05, 0.1) is 11.1 Å². The molecule has 1 saturated heterocycles. The molecule has 0 atom stereocenters. The van der Waals surface area contributed by atoms with Crippen LogP contribution in [-0.4, -0.2) is 70.9 Å². The summed E-state index contributed by atoms with van der Waals surface area (Å²) in [6.07, 6.45) is 0. The Bertz CT molecular complexity index is 1150. The average molecular weight is 407 g/mol. The first kappa shape index (κ1) is 18.7. The highest BCUT2D eigenvalue weighted by Crippen LogP contribution is 2.27. The molecule has 3 heterocycles. The third kappa shape index (κ3) is 3.04. The Morgan fingerprint density at radius 2 is 1.67 bits per heavy atom. The van der Waals surface area contributed by atoms with Crippen LogP contribution in [0.25, 0.3) is 10.9 Å². The fourth-order valence-electron chi connectivity index (χ4n) is 4.28. The number of rotatable bonds is 4. The molecule has 5 rings (SSSR count). The van der Waals surface area contributed by atoms with Gasteiger partial charge in [0.25, 0.3) is 11.8 Å². The lowest BCUT2D eigenvalue weighted by molar-refractivity contribution is 0.0635. The highest BCUT2D eigenvalue weighted by molar-refractivity contribution is 6.21. The minimum Gasteiger partial charge on any atom is -0.352 e. The van der Waals surface area contributed by atoms with Crippen molar-refractivity contribution in [3.63, 3.8) is 0 Å². The minimum absolute atomic E-state index is 0.211. The molecule has 30 heavy (non-hydrogen) atoms. The zero-order chi connectivity index (χ0) is 20.8. The molecule has 154 valence electrons. The molecule has 2 aromatic carbocycles. The number of halogens is 1. The molecule has 0 unspecified atom stereocenters. The summed E-state index contributed by atoms with van der Waals surface area (Å²) in [4.78, 5) is 31.3. The largest absolute Gasteiger partial charge is 0.352 e. The monoisotopic (exact) mass is 407 g/mol. The molecular formula is C22H22FN5O2. The van der Waals surface area contributed by atoms with Gasteiger partial charge in [-0.15, -0.1) is 5.10 Å². The van der Waals surface area contributed by atoms with E-state index in [1.54, 1.807) is 24.3 Å². The van der Waals surface area contributed by atoms with Gasteiger partial charge in [-0.3, -0.25) is 19.4 Å². The van der Waals surface area contributed by atoms with E-state index in [9.17, 15) is 14.1 Å². The van der Waals surface area contributed by atoms with Crippen molar-refractivity contribution in [2.75, 3.05) is 44.2 Å². The number of anilines is 1. The van der Waals surface area contributed by atoms with Crippen molar-refractivity contribution in [3.8, 4) is 0 Å². The van der Waals surface area contributed by atoms with E-state index < -0.39 is 0 Å². The van der Waals surface area contributed by atoms with Crippen molar-refractivity contribution in [3.05, 3.63) is 59.2 Å². The van der Waals surface area contributed by atoms with Crippen LogP contribution in [0.1, 0.15) is 26.3 Å². The summed E-state index contributed by atoms with van der Waals surface area (Å²) in [5.74, 6) is 0.231. The SMILES string of the molecule is Cc1ccc2c(c1)C(=O)N(CCN1CCN(c3nn(F)c4ccccc34)CC1)C2=O. The first-order valence-electron chi connectivity index (χ1n) is 10.1. The number of para-hydroxylation sites is 1. The molecule has 0 aliphatic carbocycles. The summed E-state index contributed by atoms with van der Waals surface area (Å²) in [5, 5.41) is 4.86. The van der Waals surface area contributed by atoms with E-state index in [-0.39, 0.29) is 11.8 Å². The molecule has 1 fully saturated rings. The Kier molecular flexibility index (Phi) is 4.51. The van der Waals surface area contributed by atoms with E-state index in [0.717, 1.165) is 24.0 Å². The summed E-state index contributed by atoms with van der Waals surface area (Å²) in [6.45, 7) is 5.84. The lowest BCUT2D eigenvalue weighted by atomic mass is 10.1. The molecule has 0 bridgehead atoms. The number of piperazine rings is 1. The Hall–Kier alpha value is -3.26. The third-order valence-corrected chi connectivity index (χ3v) is 5.96. The second-order valence-corrected chi connectivity index (χ2v) is 7.84. The standard InChI is InChI=1S/C22H22FN5O2/c1-15-6-7-16-18(14-15)22(30)27(21(16)29)13-10-25-8-11-26(12-9-25)20-17-4-2-3-5-19(17)28(23)24-20/h2-7,14H,8-13H2,1H3. The van der Waals surface area contributed by atoms with Crippen LogP contribution in [0.2, 0.25) is 0 Å². The normalized spacial score (nSPS) is 17.3. The molecule has 0 spiro atoms. The number of aryl methyl sites for hydroxylation is 1. The van der Waals surface area contributed by atoms with Crippen molar-refractivity contribution < 1.29 is 14.1 Å². The Labute approximate surface area is 173 Å². The van der Waals surface area contributed by atoms with E-state index in [1.165, 1.54) is 4.90 Å². The van der Waals surface area contributed by atoms with Gasteiger partial charge < -0.3 is 4.90 Å². The van der Waals surface area contributed by atoms with E-state index in [0.29, 0.717) is 53.5 Å². The number of hydrogen-bond acceptors (Lipinski definition) is 5. The predicted molar refractivity (Wildman–Crippen MR) is 111 cm³/mol. The molecule has 7 nitrogen and oxygen atoms in total. The molecular weight excluding hydrogens is 385 g/mol. The van der Waals surface area contributed by atoms with Crippen LogP contribution in [-0.2, 0) is 0 Å². The fourth-order valence-corrected chi connectivity index (χ4v) is 4.28. The van der Waals surface area contributed by atoms with Crippen LogP contribution in [0.3, 0.4) is 0 Å². The van der Waals surface area contributed by atoms with Crippen molar-refractivity contribution >= 4 is 28.5 Å². The number of imide groups is 1. The van der Waals surface area contributed by atoms with Crippen molar-refractivity contribution in [1.82, 2.24) is 19.8 Å². The van der Waals surface area contributed by atoms with Crippen LogP contribution in [0.15, 0.2) is 42.5 Å². The van der Waals surface area contributed by atoms with E-state index in [4.69, 9.17) is 0 Å². The number of hydrogen-bond donors (Lipinski definition) is 0. The summed E-state index contributed by atoms with van der Waals surface area (Å²) in [5.41, 5.74) is 2.43. The molecule has 2 aliphatic rings. The molecule has 0 N–H and O–H groups in total. The summed E-state index contributed by atoms with van der Waals surface area (Å²) < 4.78 is 14.0. The molecule has 2 aliphatic heterocycles. The van der Waals surface area contributed by atoms with Gasteiger partial charge in [-0.05, 0) is 31.2 Å². The maximum atomic E-state index is 14.0. The maximum Gasteiger partial charge on any atom is 0.261 e. The van der Waals surface area contributed by atoms with Crippen LogP contribution in [0, 0.1) is 6.92 Å². The van der Waals surface area contributed by atoms with Crippen LogP contribution in [0.5, 0.6) is 0 Å². The second-order valence-electron chi connectivity index (χ2n) is 7.84. The van der Waals surface area contributed by atoms with Crippen LogP contribution in [0.4, 0.5) is 10.3 Å². The maximum absolute atomic E-state index is 14.0.